The van der Waals surface area contributed by atoms with Crippen LogP contribution in [0.3, 0.4) is 0 Å². The lowest BCUT2D eigenvalue weighted by Gasteiger charge is -2.41. The van der Waals surface area contributed by atoms with Gasteiger partial charge in [0.15, 0.2) is 0 Å². The van der Waals surface area contributed by atoms with Crippen molar-refractivity contribution in [2.24, 2.45) is 0 Å². The number of carbonyl (C=O) groups is 2. The van der Waals surface area contributed by atoms with Crippen LogP contribution in [0.25, 0.3) is 0 Å². The number of rotatable bonds is 2. The summed E-state index contributed by atoms with van der Waals surface area (Å²) >= 11 is 0. The lowest BCUT2D eigenvalue weighted by atomic mass is 9.93. The van der Waals surface area contributed by atoms with E-state index in [0.717, 1.165) is 31.6 Å². The lowest BCUT2D eigenvalue weighted by molar-refractivity contribution is 0.129. The summed E-state index contributed by atoms with van der Waals surface area (Å²) in [7, 11) is 0. The molecule has 1 aromatic carbocycles. The highest BCUT2D eigenvalue weighted by molar-refractivity contribution is 6.12. The van der Waals surface area contributed by atoms with Crippen molar-refractivity contribution in [3.63, 3.8) is 0 Å². The smallest absolute Gasteiger partial charge is 0.306 e. The molecule has 1 saturated heterocycles. The van der Waals surface area contributed by atoms with E-state index in [1.807, 2.05) is 24.3 Å². The normalized spacial score (nSPS) is 23.6. The minimum Gasteiger partial charge on any atom is -0.306 e. The lowest BCUT2D eigenvalue weighted by Crippen LogP contribution is -2.52. The van der Waals surface area contributed by atoms with E-state index in [9.17, 15) is 9.59 Å². The van der Waals surface area contributed by atoms with Crippen LogP contribution in [0.4, 0.5) is 21.0 Å². The maximum atomic E-state index is 12.7. The fourth-order valence-corrected chi connectivity index (χ4v) is 4.88. The van der Waals surface area contributed by atoms with Gasteiger partial charge in [-0.2, -0.15) is 0 Å². The number of benzene rings is 1. The first-order valence-electron chi connectivity index (χ1n) is 10.5. The predicted molar refractivity (Wildman–Crippen MR) is 107 cm³/mol. The van der Waals surface area contributed by atoms with E-state index >= 15 is 0 Å². The SMILES string of the molecule is O=C1NC(=O)N(C2CCN(C3CCCCCCC3)CC2)c2ccccc2N1. The highest BCUT2D eigenvalue weighted by atomic mass is 16.2. The molecule has 0 bridgehead atoms. The molecule has 2 fully saturated rings. The maximum absolute atomic E-state index is 12.7. The summed E-state index contributed by atoms with van der Waals surface area (Å²) in [5.74, 6) is 0. The molecule has 2 N–H and O–H groups in total. The Morgan fingerprint density at radius 2 is 1.44 bits per heavy atom. The van der Waals surface area contributed by atoms with Gasteiger partial charge in [-0.15, -0.1) is 0 Å². The molecule has 0 aromatic heterocycles. The second-order valence-corrected chi connectivity index (χ2v) is 8.04. The van der Waals surface area contributed by atoms with Gasteiger partial charge in [-0.25, -0.2) is 9.59 Å². The number of carbonyl (C=O) groups excluding carboxylic acids is 2. The number of hydrogen-bond acceptors (Lipinski definition) is 3. The molecular formula is C21H30N4O2. The summed E-state index contributed by atoms with van der Waals surface area (Å²) in [6.45, 7) is 2.06. The minimum atomic E-state index is -0.457. The molecule has 1 aromatic rings. The number of likely N-dealkylation sites (tertiary alicyclic amines) is 1. The van der Waals surface area contributed by atoms with Crippen LogP contribution in [0.1, 0.15) is 57.8 Å². The van der Waals surface area contributed by atoms with Crippen LogP contribution in [0, 0.1) is 0 Å². The summed E-state index contributed by atoms with van der Waals surface area (Å²) in [6, 6.07) is 7.63. The molecule has 6 heteroatoms. The van der Waals surface area contributed by atoms with Gasteiger partial charge in [-0.1, -0.05) is 44.2 Å². The Bertz CT molecular complexity index is 677. The third-order valence-corrected chi connectivity index (χ3v) is 6.31. The highest BCUT2D eigenvalue weighted by Gasteiger charge is 2.34. The van der Waals surface area contributed by atoms with E-state index in [1.165, 1.54) is 44.9 Å². The van der Waals surface area contributed by atoms with Gasteiger partial charge >= 0.3 is 12.1 Å². The van der Waals surface area contributed by atoms with Gasteiger partial charge in [0.25, 0.3) is 0 Å². The number of para-hydroxylation sites is 2. The first-order chi connectivity index (χ1) is 13.2. The number of fused-ring (bicyclic) bond motifs is 1. The van der Waals surface area contributed by atoms with Crippen molar-refractivity contribution >= 4 is 23.4 Å². The monoisotopic (exact) mass is 370 g/mol. The minimum absolute atomic E-state index is 0.128. The van der Waals surface area contributed by atoms with Crippen LogP contribution in [-0.4, -0.2) is 42.1 Å². The van der Waals surface area contributed by atoms with Gasteiger partial charge in [-0.05, 0) is 37.8 Å². The number of nitrogens with one attached hydrogen (secondary N) is 2. The van der Waals surface area contributed by atoms with Crippen molar-refractivity contribution in [2.45, 2.75) is 69.9 Å². The van der Waals surface area contributed by atoms with Gasteiger partial charge in [0.1, 0.15) is 0 Å². The van der Waals surface area contributed by atoms with E-state index in [-0.39, 0.29) is 12.1 Å². The fourth-order valence-electron chi connectivity index (χ4n) is 4.88. The van der Waals surface area contributed by atoms with Gasteiger partial charge in [0.05, 0.1) is 11.4 Å². The van der Waals surface area contributed by atoms with Crippen molar-refractivity contribution in [2.75, 3.05) is 23.3 Å². The Balaban J connectivity index is 1.45. The topological polar surface area (TPSA) is 64.7 Å². The van der Waals surface area contributed by atoms with Crippen molar-refractivity contribution < 1.29 is 9.59 Å². The average molecular weight is 370 g/mol. The van der Waals surface area contributed by atoms with Crippen LogP contribution < -0.4 is 15.5 Å². The first kappa shape index (κ1) is 18.3. The summed E-state index contributed by atoms with van der Waals surface area (Å²) < 4.78 is 0. The molecule has 4 rings (SSSR count). The Hall–Kier alpha value is -2.08. The molecule has 1 saturated carbocycles. The Morgan fingerprint density at radius 3 is 2.19 bits per heavy atom. The fraction of sp³-hybridized carbons (Fsp3) is 0.619. The van der Waals surface area contributed by atoms with Gasteiger partial charge in [0, 0.05) is 25.2 Å². The van der Waals surface area contributed by atoms with E-state index in [0.29, 0.717) is 11.7 Å². The molecule has 3 aliphatic rings. The third-order valence-electron chi connectivity index (χ3n) is 6.31. The second-order valence-electron chi connectivity index (χ2n) is 8.04. The quantitative estimate of drug-likeness (QED) is 0.815. The van der Waals surface area contributed by atoms with Gasteiger partial charge in [0.2, 0.25) is 0 Å². The number of nitrogens with zero attached hydrogens (tertiary/aromatic N) is 2. The zero-order valence-corrected chi connectivity index (χ0v) is 16.0. The van der Waals surface area contributed by atoms with Gasteiger partial charge in [-0.3, -0.25) is 10.2 Å². The molecular weight excluding hydrogens is 340 g/mol. The summed E-state index contributed by atoms with van der Waals surface area (Å²) in [6.07, 6.45) is 11.4. The number of imide groups is 1. The van der Waals surface area contributed by atoms with Crippen LogP contribution in [0.15, 0.2) is 24.3 Å². The molecule has 146 valence electrons. The molecule has 0 radical (unpaired) electrons. The summed E-state index contributed by atoms with van der Waals surface area (Å²) in [4.78, 5) is 29.1. The highest BCUT2D eigenvalue weighted by Crippen LogP contribution is 2.33. The zero-order chi connectivity index (χ0) is 18.6. The summed E-state index contributed by atoms with van der Waals surface area (Å²) in [5, 5.41) is 5.22. The number of hydrogen-bond donors (Lipinski definition) is 2. The van der Waals surface area contributed by atoms with E-state index in [4.69, 9.17) is 0 Å². The molecule has 6 nitrogen and oxygen atoms in total. The van der Waals surface area contributed by atoms with E-state index < -0.39 is 6.03 Å². The molecule has 27 heavy (non-hydrogen) atoms. The van der Waals surface area contributed by atoms with Crippen molar-refractivity contribution in [1.82, 2.24) is 10.2 Å². The van der Waals surface area contributed by atoms with Crippen molar-refractivity contribution in [1.29, 1.82) is 0 Å². The Kier molecular flexibility index (Phi) is 5.62. The molecule has 0 atom stereocenters. The van der Waals surface area contributed by atoms with Crippen molar-refractivity contribution in [3.8, 4) is 0 Å². The first-order valence-corrected chi connectivity index (χ1v) is 10.5. The van der Waals surface area contributed by atoms with Gasteiger partial charge < -0.3 is 10.2 Å². The van der Waals surface area contributed by atoms with Crippen LogP contribution >= 0.6 is 0 Å². The molecule has 4 amide bonds. The standard InChI is InChI=1S/C21H30N4O2/c26-20-22-18-10-6-7-11-19(18)25(21(27)23-20)17-12-14-24(15-13-17)16-8-4-2-1-3-5-9-16/h6-7,10-11,16-17H,1-5,8-9,12-15H2,(H2,22,23,26,27). The average Bonchev–Trinajstić information content (AvgIpc) is 2.76. The zero-order valence-electron chi connectivity index (χ0n) is 16.0. The molecule has 2 aliphatic heterocycles. The Labute approximate surface area is 161 Å². The third kappa shape index (κ3) is 4.10. The van der Waals surface area contributed by atoms with Crippen LogP contribution in [0.5, 0.6) is 0 Å². The maximum Gasteiger partial charge on any atom is 0.330 e. The van der Waals surface area contributed by atoms with Crippen LogP contribution in [-0.2, 0) is 0 Å². The number of piperidine rings is 1. The molecule has 0 spiro atoms. The van der Waals surface area contributed by atoms with E-state index in [2.05, 4.69) is 15.5 Å². The second kappa shape index (κ2) is 8.30. The predicted octanol–water partition coefficient (Wildman–Crippen LogP) is 4.33. The molecule has 1 aliphatic carbocycles. The number of anilines is 2. The van der Waals surface area contributed by atoms with E-state index in [1.54, 1.807) is 4.90 Å². The largest absolute Gasteiger partial charge is 0.330 e. The molecule has 2 heterocycles. The number of urea groups is 2. The number of amides is 4. The Morgan fingerprint density at radius 1 is 0.778 bits per heavy atom. The van der Waals surface area contributed by atoms with Crippen LogP contribution in [0.2, 0.25) is 0 Å². The molecule has 0 unspecified atom stereocenters. The van der Waals surface area contributed by atoms with Crippen molar-refractivity contribution in [3.05, 3.63) is 24.3 Å². The summed E-state index contributed by atoms with van der Waals surface area (Å²) in [5.41, 5.74) is 1.49.